The molecule has 7 heteroatoms. The molecule has 130 valence electrons. The van der Waals surface area contributed by atoms with Crippen molar-refractivity contribution in [1.82, 2.24) is 10.2 Å². The molecule has 1 aliphatic heterocycles. The van der Waals surface area contributed by atoms with E-state index in [0.29, 0.717) is 18.1 Å². The van der Waals surface area contributed by atoms with Crippen LogP contribution in [0.3, 0.4) is 0 Å². The predicted molar refractivity (Wildman–Crippen MR) is 89.2 cm³/mol. The first-order valence-electron chi connectivity index (χ1n) is 7.91. The predicted octanol–water partition coefficient (Wildman–Crippen LogP) is 1.76. The van der Waals surface area contributed by atoms with Crippen LogP contribution in [0.4, 0.5) is 0 Å². The Bertz CT molecular complexity index is 635. The third-order valence-electron chi connectivity index (χ3n) is 3.88. The van der Waals surface area contributed by atoms with Gasteiger partial charge in [-0.3, -0.25) is 14.4 Å². The van der Waals surface area contributed by atoms with E-state index in [0.717, 1.165) is 5.56 Å². The minimum absolute atomic E-state index is 0.0887. The number of nitrogens with zero attached hydrogens (tertiary/aromatic N) is 1. The number of benzene rings is 1. The molecule has 0 saturated carbocycles. The van der Waals surface area contributed by atoms with Gasteiger partial charge >= 0.3 is 5.97 Å². The second-order valence-corrected chi connectivity index (χ2v) is 6.15. The number of carbonyl (C=O) groups is 3. The zero-order chi connectivity index (χ0) is 17.7. The van der Waals surface area contributed by atoms with Gasteiger partial charge in [0, 0.05) is 31.1 Å². The highest BCUT2D eigenvalue weighted by Gasteiger charge is 2.36. The summed E-state index contributed by atoms with van der Waals surface area (Å²) in [5.74, 6) is -1.55. The summed E-state index contributed by atoms with van der Waals surface area (Å²) in [6, 6.07) is 7.28. The fourth-order valence-corrected chi connectivity index (χ4v) is 2.75. The van der Waals surface area contributed by atoms with E-state index in [-0.39, 0.29) is 24.8 Å². The van der Waals surface area contributed by atoms with Crippen LogP contribution in [-0.4, -0.2) is 41.9 Å². The molecule has 0 unspecified atom stereocenters. The summed E-state index contributed by atoms with van der Waals surface area (Å²) in [5.41, 5.74) is 0.831. The van der Waals surface area contributed by atoms with Crippen LogP contribution in [0.2, 0.25) is 5.02 Å². The number of hydrogen-bond acceptors (Lipinski definition) is 4. The monoisotopic (exact) mass is 352 g/mol. The first-order valence-corrected chi connectivity index (χ1v) is 8.29. The molecule has 1 aromatic carbocycles. The van der Waals surface area contributed by atoms with Crippen LogP contribution in [0, 0.1) is 5.92 Å². The molecule has 1 heterocycles. The Morgan fingerprint density at radius 2 is 2.12 bits per heavy atom. The number of carbonyl (C=O) groups excluding carboxylic acids is 3. The highest BCUT2D eigenvalue weighted by atomic mass is 35.5. The lowest BCUT2D eigenvalue weighted by Gasteiger charge is -2.18. The standard InChI is InChI=1S/C17H21ClN2O4/c1-3-19-16(22)11(2)24-17(23)13-8-15(21)20(10-13)9-12-6-4-5-7-14(12)18/h4-7,11,13H,3,8-10H2,1-2H3,(H,19,22)/t11-,13-/m0/s1. The smallest absolute Gasteiger partial charge is 0.312 e. The molecule has 2 rings (SSSR count). The van der Waals surface area contributed by atoms with Gasteiger partial charge in [0.05, 0.1) is 5.92 Å². The van der Waals surface area contributed by atoms with Gasteiger partial charge in [0.25, 0.3) is 5.91 Å². The van der Waals surface area contributed by atoms with Crippen LogP contribution >= 0.6 is 11.6 Å². The number of nitrogens with one attached hydrogen (secondary N) is 1. The van der Waals surface area contributed by atoms with Gasteiger partial charge in [-0.2, -0.15) is 0 Å². The summed E-state index contributed by atoms with van der Waals surface area (Å²) >= 11 is 6.11. The van der Waals surface area contributed by atoms with Crippen molar-refractivity contribution in [2.24, 2.45) is 5.92 Å². The second kappa shape index (κ2) is 8.15. The number of esters is 1. The minimum Gasteiger partial charge on any atom is -0.452 e. The molecule has 0 aromatic heterocycles. The molecule has 0 aliphatic carbocycles. The Labute approximate surface area is 146 Å². The van der Waals surface area contributed by atoms with Gasteiger partial charge in [0.2, 0.25) is 5.91 Å². The van der Waals surface area contributed by atoms with Crippen LogP contribution in [0.25, 0.3) is 0 Å². The maximum absolute atomic E-state index is 12.2. The first kappa shape index (κ1) is 18.3. The topological polar surface area (TPSA) is 75.7 Å². The molecule has 1 aliphatic rings. The van der Waals surface area contributed by atoms with E-state index in [1.807, 2.05) is 18.2 Å². The summed E-state index contributed by atoms with van der Waals surface area (Å²) in [6.07, 6.45) is -0.782. The largest absolute Gasteiger partial charge is 0.452 e. The summed E-state index contributed by atoms with van der Waals surface area (Å²) < 4.78 is 5.16. The Morgan fingerprint density at radius 3 is 2.79 bits per heavy atom. The molecule has 1 aromatic rings. The quantitative estimate of drug-likeness (QED) is 0.791. The van der Waals surface area contributed by atoms with Crippen LogP contribution < -0.4 is 5.32 Å². The van der Waals surface area contributed by atoms with Crippen LogP contribution in [-0.2, 0) is 25.7 Å². The number of ether oxygens (including phenoxy) is 1. The van der Waals surface area contributed by atoms with E-state index < -0.39 is 18.0 Å². The van der Waals surface area contributed by atoms with Gasteiger partial charge < -0.3 is 15.0 Å². The number of likely N-dealkylation sites (tertiary alicyclic amines) is 1. The summed E-state index contributed by atoms with van der Waals surface area (Å²) in [4.78, 5) is 37.5. The molecule has 2 amide bonds. The number of likely N-dealkylation sites (N-methyl/N-ethyl adjacent to an activating group) is 1. The molecule has 1 N–H and O–H groups in total. The maximum Gasteiger partial charge on any atom is 0.312 e. The molecule has 24 heavy (non-hydrogen) atoms. The molecule has 0 spiro atoms. The normalized spacial score (nSPS) is 18.4. The van der Waals surface area contributed by atoms with Crippen LogP contribution in [0.5, 0.6) is 0 Å². The number of halogens is 1. The van der Waals surface area contributed by atoms with E-state index in [9.17, 15) is 14.4 Å². The average molecular weight is 353 g/mol. The Hall–Kier alpha value is -2.08. The summed E-state index contributed by atoms with van der Waals surface area (Å²) in [6.45, 7) is 4.39. The van der Waals surface area contributed by atoms with Gasteiger partial charge in [-0.1, -0.05) is 29.8 Å². The fourth-order valence-electron chi connectivity index (χ4n) is 2.56. The Kier molecular flexibility index (Phi) is 6.20. The zero-order valence-electron chi connectivity index (χ0n) is 13.8. The molecule has 0 radical (unpaired) electrons. The lowest BCUT2D eigenvalue weighted by Crippen LogP contribution is -2.37. The van der Waals surface area contributed by atoms with Crippen molar-refractivity contribution in [1.29, 1.82) is 0 Å². The summed E-state index contributed by atoms with van der Waals surface area (Å²) in [7, 11) is 0. The molecule has 1 saturated heterocycles. The van der Waals surface area contributed by atoms with E-state index in [1.165, 1.54) is 6.92 Å². The zero-order valence-corrected chi connectivity index (χ0v) is 14.5. The number of amides is 2. The van der Waals surface area contributed by atoms with Crippen molar-refractivity contribution in [2.75, 3.05) is 13.1 Å². The van der Waals surface area contributed by atoms with Crippen molar-refractivity contribution in [3.05, 3.63) is 34.9 Å². The van der Waals surface area contributed by atoms with E-state index in [1.54, 1.807) is 17.9 Å². The van der Waals surface area contributed by atoms with E-state index in [4.69, 9.17) is 16.3 Å². The number of hydrogen-bond donors (Lipinski definition) is 1. The lowest BCUT2D eigenvalue weighted by atomic mass is 10.1. The van der Waals surface area contributed by atoms with Gasteiger partial charge in [0.15, 0.2) is 6.10 Å². The van der Waals surface area contributed by atoms with Gasteiger partial charge in [0.1, 0.15) is 0 Å². The summed E-state index contributed by atoms with van der Waals surface area (Å²) in [5, 5.41) is 3.17. The average Bonchev–Trinajstić information content (AvgIpc) is 2.91. The highest BCUT2D eigenvalue weighted by Crippen LogP contribution is 2.24. The Balaban J connectivity index is 1.93. The van der Waals surface area contributed by atoms with Crippen LogP contribution in [0.1, 0.15) is 25.8 Å². The SMILES string of the molecule is CCNC(=O)[C@H](C)OC(=O)[C@H]1CC(=O)N(Cc2ccccc2Cl)C1. The lowest BCUT2D eigenvalue weighted by molar-refractivity contribution is -0.158. The third kappa shape index (κ3) is 4.47. The molecular weight excluding hydrogens is 332 g/mol. The molecular formula is C17H21ClN2O4. The molecule has 0 bridgehead atoms. The highest BCUT2D eigenvalue weighted by molar-refractivity contribution is 6.31. The fraction of sp³-hybridized carbons (Fsp3) is 0.471. The van der Waals surface area contributed by atoms with Crippen LogP contribution in [0.15, 0.2) is 24.3 Å². The molecule has 6 nitrogen and oxygen atoms in total. The molecule has 2 atom stereocenters. The van der Waals surface area contributed by atoms with Crippen molar-refractivity contribution in [3.8, 4) is 0 Å². The van der Waals surface area contributed by atoms with Crippen molar-refractivity contribution >= 4 is 29.4 Å². The molecule has 1 fully saturated rings. The third-order valence-corrected chi connectivity index (χ3v) is 4.25. The van der Waals surface area contributed by atoms with Gasteiger partial charge in [-0.05, 0) is 25.5 Å². The van der Waals surface area contributed by atoms with E-state index >= 15 is 0 Å². The van der Waals surface area contributed by atoms with Crippen molar-refractivity contribution in [2.45, 2.75) is 32.9 Å². The van der Waals surface area contributed by atoms with Crippen molar-refractivity contribution in [3.63, 3.8) is 0 Å². The Morgan fingerprint density at radius 1 is 1.42 bits per heavy atom. The minimum atomic E-state index is -0.870. The maximum atomic E-state index is 12.2. The van der Waals surface area contributed by atoms with Crippen molar-refractivity contribution < 1.29 is 19.1 Å². The first-order chi connectivity index (χ1) is 11.4. The van der Waals surface area contributed by atoms with Gasteiger partial charge in [-0.25, -0.2) is 0 Å². The number of rotatable bonds is 6. The second-order valence-electron chi connectivity index (χ2n) is 5.74. The van der Waals surface area contributed by atoms with Gasteiger partial charge in [-0.15, -0.1) is 0 Å². The van der Waals surface area contributed by atoms with E-state index in [2.05, 4.69) is 5.32 Å².